The van der Waals surface area contributed by atoms with Crippen LogP contribution in [0.4, 0.5) is 18.9 Å². The quantitative estimate of drug-likeness (QED) is 0.702. The zero-order valence-electron chi connectivity index (χ0n) is 15.8. The second kappa shape index (κ2) is 6.98. The Balaban J connectivity index is 1.57. The average Bonchev–Trinajstić information content (AvgIpc) is 3.39. The molecule has 29 heavy (non-hydrogen) atoms. The van der Waals surface area contributed by atoms with Gasteiger partial charge in [0.05, 0.1) is 16.9 Å². The molecule has 4 rings (SSSR count). The van der Waals surface area contributed by atoms with Crippen molar-refractivity contribution >= 4 is 11.6 Å². The van der Waals surface area contributed by atoms with E-state index in [4.69, 9.17) is 0 Å². The molecule has 2 heterocycles. The average molecular weight is 401 g/mol. The van der Waals surface area contributed by atoms with Crippen LogP contribution in [-0.2, 0) is 6.18 Å². The maximum Gasteiger partial charge on any atom is 0.435 e. The third-order valence-electron chi connectivity index (χ3n) is 4.74. The summed E-state index contributed by atoms with van der Waals surface area (Å²) < 4.78 is 40.6. The van der Waals surface area contributed by atoms with Crippen molar-refractivity contribution in [3.63, 3.8) is 0 Å². The first kappa shape index (κ1) is 19.1. The third-order valence-corrected chi connectivity index (χ3v) is 4.74. The second-order valence-electron chi connectivity index (χ2n) is 7.06. The number of hydrogen-bond acceptors (Lipinski definition) is 4. The summed E-state index contributed by atoms with van der Waals surface area (Å²) in [4.78, 5) is 20.6. The van der Waals surface area contributed by atoms with E-state index in [-0.39, 0.29) is 11.8 Å². The van der Waals surface area contributed by atoms with E-state index in [0.29, 0.717) is 34.2 Å². The number of halogens is 3. The number of benzene rings is 1. The van der Waals surface area contributed by atoms with Crippen molar-refractivity contribution in [1.29, 1.82) is 0 Å². The first-order chi connectivity index (χ1) is 13.7. The molecule has 0 radical (unpaired) electrons. The normalized spacial score (nSPS) is 14.1. The summed E-state index contributed by atoms with van der Waals surface area (Å²) in [5.41, 5.74) is 1.60. The fourth-order valence-electron chi connectivity index (χ4n) is 3.10. The highest BCUT2D eigenvalue weighted by atomic mass is 19.4. The number of aryl methyl sites for hydroxylation is 2. The summed E-state index contributed by atoms with van der Waals surface area (Å²) in [5.74, 6) is 0.321. The second-order valence-corrected chi connectivity index (χ2v) is 7.06. The molecule has 0 bridgehead atoms. The molecule has 3 aromatic rings. The summed E-state index contributed by atoms with van der Waals surface area (Å²) in [6, 6.07) is 7.64. The van der Waals surface area contributed by atoms with Gasteiger partial charge < -0.3 is 5.32 Å². The van der Waals surface area contributed by atoms with Gasteiger partial charge >= 0.3 is 6.18 Å². The first-order valence-electron chi connectivity index (χ1n) is 9.11. The van der Waals surface area contributed by atoms with Crippen molar-refractivity contribution < 1.29 is 18.0 Å². The topological polar surface area (TPSA) is 72.7 Å². The van der Waals surface area contributed by atoms with Crippen LogP contribution in [0.2, 0.25) is 0 Å². The smallest absolute Gasteiger partial charge is 0.322 e. The van der Waals surface area contributed by atoms with Crippen molar-refractivity contribution in [2.45, 2.75) is 38.8 Å². The Bertz CT molecular complexity index is 1070. The van der Waals surface area contributed by atoms with Crippen LogP contribution in [0.5, 0.6) is 0 Å². The van der Waals surface area contributed by atoms with E-state index in [2.05, 4.69) is 20.4 Å². The molecule has 2 aromatic heterocycles. The van der Waals surface area contributed by atoms with Crippen molar-refractivity contribution in [3.05, 3.63) is 65.0 Å². The SMILES string of the molecule is Cc1ncc(C(=O)Nc2ccc(-n3nc(C(F)(F)F)cc3C3CC3)cc2)c(C)n1. The number of anilines is 1. The molecule has 0 unspecified atom stereocenters. The number of nitrogens with one attached hydrogen (secondary N) is 1. The van der Waals surface area contributed by atoms with Gasteiger partial charge in [0.1, 0.15) is 5.82 Å². The summed E-state index contributed by atoms with van der Waals surface area (Å²) in [7, 11) is 0. The number of carbonyl (C=O) groups excluding carboxylic acids is 1. The van der Waals surface area contributed by atoms with Gasteiger partial charge in [-0.15, -0.1) is 0 Å². The number of nitrogens with zero attached hydrogens (tertiary/aromatic N) is 4. The molecular formula is C20H18F3N5O. The lowest BCUT2D eigenvalue weighted by Crippen LogP contribution is -2.15. The molecule has 0 spiro atoms. The van der Waals surface area contributed by atoms with Crippen LogP contribution in [-0.4, -0.2) is 25.7 Å². The highest BCUT2D eigenvalue weighted by Gasteiger charge is 2.38. The van der Waals surface area contributed by atoms with Gasteiger partial charge in [-0.1, -0.05) is 0 Å². The van der Waals surface area contributed by atoms with Gasteiger partial charge in [-0.05, 0) is 57.0 Å². The van der Waals surface area contributed by atoms with E-state index in [1.165, 1.54) is 10.9 Å². The predicted octanol–water partition coefficient (Wildman–Crippen LogP) is 4.43. The molecule has 1 aliphatic carbocycles. The Kier molecular flexibility index (Phi) is 4.60. The molecule has 150 valence electrons. The number of alkyl halides is 3. The van der Waals surface area contributed by atoms with Gasteiger partial charge in [0.2, 0.25) is 0 Å². The van der Waals surface area contributed by atoms with E-state index in [1.807, 2.05) is 0 Å². The van der Waals surface area contributed by atoms with Gasteiger partial charge in [0, 0.05) is 23.5 Å². The van der Waals surface area contributed by atoms with Crippen LogP contribution in [0.3, 0.4) is 0 Å². The molecule has 1 aliphatic rings. The third kappa shape index (κ3) is 3.98. The fraction of sp³-hybridized carbons (Fsp3) is 0.300. The minimum atomic E-state index is -4.49. The van der Waals surface area contributed by atoms with E-state index >= 15 is 0 Å². The van der Waals surface area contributed by atoms with E-state index in [9.17, 15) is 18.0 Å². The van der Waals surface area contributed by atoms with Gasteiger partial charge in [-0.2, -0.15) is 18.3 Å². The van der Waals surface area contributed by atoms with Crippen LogP contribution in [0.25, 0.3) is 5.69 Å². The molecular weight excluding hydrogens is 383 g/mol. The Labute approximate surface area is 164 Å². The number of carbonyl (C=O) groups is 1. The minimum Gasteiger partial charge on any atom is -0.322 e. The van der Waals surface area contributed by atoms with Gasteiger partial charge in [0.15, 0.2) is 5.69 Å². The summed E-state index contributed by atoms with van der Waals surface area (Å²) in [5, 5.41) is 6.51. The number of amides is 1. The lowest BCUT2D eigenvalue weighted by Gasteiger charge is -2.10. The fourth-order valence-corrected chi connectivity index (χ4v) is 3.10. The maximum absolute atomic E-state index is 13.1. The molecule has 1 fully saturated rings. The standard InChI is InChI=1S/C20H18F3N5O/c1-11-16(10-24-12(2)25-11)19(29)26-14-5-7-15(8-6-14)28-17(13-3-4-13)9-18(27-28)20(21,22)23/h5-10,13H,3-4H2,1-2H3,(H,26,29). The van der Waals surface area contributed by atoms with Crippen LogP contribution >= 0.6 is 0 Å². The van der Waals surface area contributed by atoms with E-state index in [1.54, 1.807) is 38.1 Å². The Morgan fingerprint density at radius 2 is 1.86 bits per heavy atom. The molecule has 1 aromatic carbocycles. The lowest BCUT2D eigenvalue weighted by atomic mass is 10.2. The highest BCUT2D eigenvalue weighted by molar-refractivity contribution is 6.04. The van der Waals surface area contributed by atoms with Crippen molar-refractivity contribution in [2.75, 3.05) is 5.32 Å². The molecule has 9 heteroatoms. The lowest BCUT2D eigenvalue weighted by molar-refractivity contribution is -0.141. The summed E-state index contributed by atoms with van der Waals surface area (Å²) in [6.07, 6.45) is -1.31. The molecule has 6 nitrogen and oxygen atoms in total. The molecule has 0 aliphatic heterocycles. The van der Waals surface area contributed by atoms with Crippen LogP contribution in [0.15, 0.2) is 36.5 Å². The summed E-state index contributed by atoms with van der Waals surface area (Å²) in [6.45, 7) is 3.46. The Morgan fingerprint density at radius 3 is 2.45 bits per heavy atom. The van der Waals surface area contributed by atoms with Crippen molar-refractivity contribution in [2.24, 2.45) is 0 Å². The molecule has 0 saturated heterocycles. The largest absolute Gasteiger partial charge is 0.435 e. The zero-order chi connectivity index (χ0) is 20.8. The minimum absolute atomic E-state index is 0.0995. The predicted molar refractivity (Wildman–Crippen MR) is 100 cm³/mol. The molecule has 0 atom stereocenters. The number of aromatic nitrogens is 4. The van der Waals surface area contributed by atoms with Crippen LogP contribution < -0.4 is 5.32 Å². The first-order valence-corrected chi connectivity index (χ1v) is 9.11. The van der Waals surface area contributed by atoms with E-state index in [0.717, 1.165) is 18.9 Å². The van der Waals surface area contributed by atoms with Gasteiger partial charge in [-0.25, -0.2) is 14.6 Å². The van der Waals surface area contributed by atoms with E-state index < -0.39 is 11.9 Å². The number of rotatable bonds is 4. The Hall–Kier alpha value is -3.23. The summed E-state index contributed by atoms with van der Waals surface area (Å²) >= 11 is 0. The van der Waals surface area contributed by atoms with Gasteiger partial charge in [-0.3, -0.25) is 4.79 Å². The van der Waals surface area contributed by atoms with Crippen molar-refractivity contribution in [3.8, 4) is 5.69 Å². The van der Waals surface area contributed by atoms with Crippen LogP contribution in [0.1, 0.15) is 52.0 Å². The Morgan fingerprint density at radius 1 is 1.17 bits per heavy atom. The van der Waals surface area contributed by atoms with Crippen molar-refractivity contribution in [1.82, 2.24) is 19.7 Å². The van der Waals surface area contributed by atoms with Crippen LogP contribution in [0, 0.1) is 13.8 Å². The molecule has 1 saturated carbocycles. The molecule has 1 N–H and O–H groups in total. The highest BCUT2D eigenvalue weighted by Crippen LogP contribution is 2.43. The zero-order valence-corrected chi connectivity index (χ0v) is 15.8. The monoisotopic (exact) mass is 401 g/mol. The van der Waals surface area contributed by atoms with Gasteiger partial charge in [0.25, 0.3) is 5.91 Å². The maximum atomic E-state index is 13.1. The number of hydrogen-bond donors (Lipinski definition) is 1. The molecule has 1 amide bonds.